The molecule has 0 bridgehead atoms. The highest BCUT2D eigenvalue weighted by atomic mass is 16.2. The number of hydrogen-bond donors (Lipinski definition) is 3. The second-order valence-corrected chi connectivity index (χ2v) is 6.28. The van der Waals surface area contributed by atoms with Gasteiger partial charge in [0.05, 0.1) is 0 Å². The normalized spacial score (nSPS) is 10.2. The van der Waals surface area contributed by atoms with E-state index in [2.05, 4.69) is 33.9 Å². The van der Waals surface area contributed by atoms with Gasteiger partial charge in [0.15, 0.2) is 0 Å². The Labute approximate surface area is 164 Å². The molecule has 142 valence electrons. The molecule has 2 aromatic carbocycles. The number of nitrogens with one attached hydrogen (secondary N) is 3. The summed E-state index contributed by atoms with van der Waals surface area (Å²) in [7, 11) is 0. The highest BCUT2D eigenvalue weighted by molar-refractivity contribution is 6.03. The van der Waals surface area contributed by atoms with E-state index < -0.39 is 0 Å². The molecule has 0 aliphatic rings. The summed E-state index contributed by atoms with van der Waals surface area (Å²) in [4.78, 5) is 27.8. The van der Waals surface area contributed by atoms with Gasteiger partial charge < -0.3 is 16.0 Å². The number of nitrogens with zero attached hydrogens (tertiary/aromatic N) is 1. The molecule has 1 aromatic heterocycles. The predicted octanol–water partition coefficient (Wildman–Crippen LogP) is 4.60. The number of aromatic nitrogens is 1. The Morgan fingerprint density at radius 1 is 0.893 bits per heavy atom. The molecule has 6 heteroatoms. The second kappa shape index (κ2) is 8.81. The van der Waals surface area contributed by atoms with Crippen LogP contribution < -0.4 is 16.0 Å². The number of anilines is 4. The van der Waals surface area contributed by atoms with Crippen molar-refractivity contribution in [2.75, 3.05) is 16.0 Å². The maximum Gasteiger partial charge on any atom is 0.274 e. The average molecular weight is 374 g/mol. The Hall–Kier alpha value is -3.67. The number of carbonyl (C=O) groups is 2. The number of pyridine rings is 1. The van der Waals surface area contributed by atoms with Crippen molar-refractivity contribution in [1.82, 2.24) is 4.98 Å². The van der Waals surface area contributed by atoms with Gasteiger partial charge in [-0.15, -0.1) is 0 Å². The van der Waals surface area contributed by atoms with E-state index in [1.807, 2.05) is 24.3 Å². The molecule has 3 aromatic rings. The molecular formula is C22H22N4O2. The first-order chi connectivity index (χ1) is 13.5. The third kappa shape index (κ3) is 4.94. The monoisotopic (exact) mass is 374 g/mol. The molecule has 2 amide bonds. The molecule has 28 heavy (non-hydrogen) atoms. The molecule has 0 saturated heterocycles. The molecule has 0 aliphatic heterocycles. The Morgan fingerprint density at radius 3 is 2.25 bits per heavy atom. The van der Waals surface area contributed by atoms with Gasteiger partial charge in [-0.25, -0.2) is 0 Å². The largest absolute Gasteiger partial charge is 0.355 e. The van der Waals surface area contributed by atoms with Gasteiger partial charge in [-0.3, -0.25) is 14.6 Å². The van der Waals surface area contributed by atoms with Crippen LogP contribution in [0.3, 0.4) is 0 Å². The first kappa shape index (κ1) is 19.1. The lowest BCUT2D eigenvalue weighted by Gasteiger charge is -2.12. The highest BCUT2D eigenvalue weighted by Crippen LogP contribution is 2.22. The molecule has 1 heterocycles. The van der Waals surface area contributed by atoms with E-state index in [1.165, 1.54) is 12.5 Å². The lowest BCUT2D eigenvalue weighted by molar-refractivity contribution is -0.114. The van der Waals surface area contributed by atoms with Crippen LogP contribution in [-0.4, -0.2) is 16.8 Å². The standard InChI is InChI=1S/C22H22N4O2/c1-3-16-6-4-5-7-20(16)25-19-12-13-23-21(14-19)22(28)26-18-10-8-17(9-11-18)24-15(2)27/h4-14H,3H2,1-2H3,(H,23,25)(H,24,27)(H,26,28). The fourth-order valence-corrected chi connectivity index (χ4v) is 2.77. The molecule has 6 nitrogen and oxygen atoms in total. The van der Waals surface area contributed by atoms with Gasteiger partial charge in [-0.2, -0.15) is 0 Å². The molecule has 0 spiro atoms. The van der Waals surface area contributed by atoms with Crippen molar-refractivity contribution in [3.8, 4) is 0 Å². The van der Waals surface area contributed by atoms with Crippen LogP contribution >= 0.6 is 0 Å². The van der Waals surface area contributed by atoms with Crippen molar-refractivity contribution in [2.45, 2.75) is 20.3 Å². The zero-order valence-corrected chi connectivity index (χ0v) is 15.8. The van der Waals surface area contributed by atoms with Gasteiger partial charge in [0.2, 0.25) is 5.91 Å². The molecule has 0 aliphatic carbocycles. The fourth-order valence-electron chi connectivity index (χ4n) is 2.77. The predicted molar refractivity (Wildman–Crippen MR) is 112 cm³/mol. The van der Waals surface area contributed by atoms with Gasteiger partial charge in [0.1, 0.15) is 5.69 Å². The Morgan fingerprint density at radius 2 is 1.57 bits per heavy atom. The molecule has 0 fully saturated rings. The van der Waals surface area contributed by atoms with Crippen molar-refractivity contribution in [1.29, 1.82) is 0 Å². The smallest absolute Gasteiger partial charge is 0.274 e. The molecule has 3 rings (SSSR count). The van der Waals surface area contributed by atoms with Crippen LogP contribution in [0.25, 0.3) is 0 Å². The zero-order valence-electron chi connectivity index (χ0n) is 15.8. The Balaban J connectivity index is 1.71. The third-order valence-corrected chi connectivity index (χ3v) is 4.13. The molecule has 0 atom stereocenters. The molecular weight excluding hydrogens is 352 g/mol. The minimum Gasteiger partial charge on any atom is -0.355 e. The van der Waals surface area contributed by atoms with Crippen LogP contribution in [0.2, 0.25) is 0 Å². The second-order valence-electron chi connectivity index (χ2n) is 6.28. The van der Waals surface area contributed by atoms with Crippen LogP contribution in [0, 0.1) is 0 Å². The van der Waals surface area contributed by atoms with Crippen molar-refractivity contribution < 1.29 is 9.59 Å². The number of aryl methyl sites for hydroxylation is 1. The van der Waals surface area contributed by atoms with E-state index in [1.54, 1.807) is 36.5 Å². The minimum absolute atomic E-state index is 0.144. The summed E-state index contributed by atoms with van der Waals surface area (Å²) >= 11 is 0. The van der Waals surface area contributed by atoms with E-state index in [9.17, 15) is 9.59 Å². The van der Waals surface area contributed by atoms with Gasteiger partial charge >= 0.3 is 0 Å². The number of rotatable bonds is 6. The number of carbonyl (C=O) groups excluding carboxylic acids is 2. The van der Waals surface area contributed by atoms with Crippen LogP contribution in [0.4, 0.5) is 22.7 Å². The first-order valence-electron chi connectivity index (χ1n) is 9.05. The number of hydrogen-bond acceptors (Lipinski definition) is 4. The van der Waals surface area contributed by atoms with E-state index in [4.69, 9.17) is 0 Å². The van der Waals surface area contributed by atoms with Gasteiger partial charge in [0.25, 0.3) is 5.91 Å². The quantitative estimate of drug-likeness (QED) is 0.589. The minimum atomic E-state index is -0.306. The van der Waals surface area contributed by atoms with Crippen molar-refractivity contribution in [3.05, 3.63) is 78.1 Å². The van der Waals surface area contributed by atoms with Crippen molar-refractivity contribution in [2.24, 2.45) is 0 Å². The van der Waals surface area contributed by atoms with E-state index in [0.29, 0.717) is 17.1 Å². The SMILES string of the molecule is CCc1ccccc1Nc1ccnc(C(=O)Nc2ccc(NC(C)=O)cc2)c1. The summed E-state index contributed by atoms with van der Waals surface area (Å²) in [6.07, 6.45) is 2.52. The van der Waals surface area contributed by atoms with E-state index >= 15 is 0 Å². The van der Waals surface area contributed by atoms with Crippen molar-refractivity contribution >= 4 is 34.6 Å². The van der Waals surface area contributed by atoms with Crippen LogP contribution in [0.15, 0.2) is 66.9 Å². The third-order valence-electron chi connectivity index (χ3n) is 4.13. The summed E-state index contributed by atoms with van der Waals surface area (Å²) in [5.41, 5.74) is 4.60. The zero-order chi connectivity index (χ0) is 19.9. The maximum absolute atomic E-state index is 12.5. The lowest BCUT2D eigenvalue weighted by Crippen LogP contribution is -2.14. The highest BCUT2D eigenvalue weighted by Gasteiger charge is 2.09. The molecule has 0 saturated carbocycles. The summed E-state index contributed by atoms with van der Waals surface area (Å²) in [5, 5.41) is 8.84. The average Bonchev–Trinajstić information content (AvgIpc) is 2.70. The lowest BCUT2D eigenvalue weighted by atomic mass is 10.1. The summed E-state index contributed by atoms with van der Waals surface area (Å²) in [6, 6.07) is 18.5. The van der Waals surface area contributed by atoms with E-state index in [-0.39, 0.29) is 11.8 Å². The summed E-state index contributed by atoms with van der Waals surface area (Å²) in [5.74, 6) is -0.449. The number of benzene rings is 2. The number of amides is 2. The van der Waals surface area contributed by atoms with Crippen LogP contribution in [0.5, 0.6) is 0 Å². The van der Waals surface area contributed by atoms with Gasteiger partial charge in [-0.05, 0) is 54.4 Å². The summed E-state index contributed by atoms with van der Waals surface area (Å²) in [6.45, 7) is 3.55. The van der Waals surface area contributed by atoms with Crippen LogP contribution in [0.1, 0.15) is 29.9 Å². The Kier molecular flexibility index (Phi) is 6.01. The molecule has 3 N–H and O–H groups in total. The van der Waals surface area contributed by atoms with Gasteiger partial charge in [0, 0.05) is 35.9 Å². The fraction of sp³-hybridized carbons (Fsp3) is 0.136. The van der Waals surface area contributed by atoms with Gasteiger partial charge in [-0.1, -0.05) is 25.1 Å². The maximum atomic E-state index is 12.5. The summed E-state index contributed by atoms with van der Waals surface area (Å²) < 4.78 is 0. The van der Waals surface area contributed by atoms with E-state index in [0.717, 1.165) is 17.8 Å². The molecule has 0 radical (unpaired) electrons. The first-order valence-corrected chi connectivity index (χ1v) is 9.05. The number of para-hydroxylation sites is 1. The molecule has 0 unspecified atom stereocenters. The Bertz CT molecular complexity index is 984. The topological polar surface area (TPSA) is 83.1 Å². The van der Waals surface area contributed by atoms with Crippen LogP contribution in [-0.2, 0) is 11.2 Å². The van der Waals surface area contributed by atoms with Crippen molar-refractivity contribution in [3.63, 3.8) is 0 Å².